The lowest BCUT2D eigenvalue weighted by molar-refractivity contribution is -0.134. The Labute approximate surface area is 98.9 Å². The van der Waals surface area contributed by atoms with Gasteiger partial charge in [0, 0.05) is 6.42 Å². The number of benzene rings is 1. The first kappa shape index (κ1) is 11.4. The molecule has 1 fully saturated rings. The highest BCUT2D eigenvalue weighted by Crippen LogP contribution is 2.30. The predicted molar refractivity (Wildman–Crippen MR) is 62.5 cm³/mol. The Morgan fingerprint density at radius 2 is 2.18 bits per heavy atom. The molecule has 1 aromatic rings. The van der Waals surface area contributed by atoms with E-state index in [4.69, 9.17) is 10.5 Å². The summed E-state index contributed by atoms with van der Waals surface area (Å²) < 4.78 is 5.05. The number of rotatable bonds is 2. The van der Waals surface area contributed by atoms with E-state index in [1.807, 2.05) is 0 Å². The van der Waals surface area contributed by atoms with Gasteiger partial charge in [-0.05, 0) is 24.1 Å². The summed E-state index contributed by atoms with van der Waals surface area (Å²) in [5.41, 5.74) is 7.10. The molecule has 17 heavy (non-hydrogen) atoms. The van der Waals surface area contributed by atoms with Crippen LogP contribution in [0.2, 0.25) is 0 Å². The van der Waals surface area contributed by atoms with Crippen LogP contribution in [0.1, 0.15) is 24.3 Å². The second-order valence-corrected chi connectivity index (χ2v) is 4.01. The van der Waals surface area contributed by atoms with Gasteiger partial charge in [-0.25, -0.2) is 0 Å². The SMILES string of the molecule is COc1ccc(C2CCC(=O)NC2=O)cc1N. The maximum Gasteiger partial charge on any atom is 0.234 e. The lowest BCUT2D eigenvalue weighted by atomic mass is 9.90. The molecule has 0 radical (unpaired) electrons. The number of anilines is 1. The van der Waals surface area contributed by atoms with Crippen molar-refractivity contribution in [2.24, 2.45) is 0 Å². The number of ether oxygens (including phenoxy) is 1. The average molecular weight is 234 g/mol. The second kappa shape index (κ2) is 4.45. The average Bonchev–Trinajstić information content (AvgIpc) is 2.29. The van der Waals surface area contributed by atoms with E-state index < -0.39 is 0 Å². The maximum absolute atomic E-state index is 11.7. The Morgan fingerprint density at radius 3 is 2.76 bits per heavy atom. The molecule has 2 amide bonds. The summed E-state index contributed by atoms with van der Waals surface area (Å²) in [6.45, 7) is 0. The minimum atomic E-state index is -0.305. The summed E-state index contributed by atoms with van der Waals surface area (Å²) in [5.74, 6) is -0.194. The van der Waals surface area contributed by atoms with Crippen LogP contribution in [0.25, 0.3) is 0 Å². The van der Waals surface area contributed by atoms with Crippen molar-refractivity contribution in [3.63, 3.8) is 0 Å². The number of hydrogen-bond donors (Lipinski definition) is 2. The van der Waals surface area contributed by atoms with Gasteiger partial charge in [0.25, 0.3) is 0 Å². The van der Waals surface area contributed by atoms with Crippen LogP contribution in [0.3, 0.4) is 0 Å². The summed E-state index contributed by atoms with van der Waals surface area (Å²) in [7, 11) is 1.54. The topological polar surface area (TPSA) is 81.4 Å². The summed E-state index contributed by atoms with van der Waals surface area (Å²) >= 11 is 0. The smallest absolute Gasteiger partial charge is 0.234 e. The number of hydrogen-bond acceptors (Lipinski definition) is 4. The highest BCUT2D eigenvalue weighted by atomic mass is 16.5. The molecule has 1 heterocycles. The maximum atomic E-state index is 11.7. The zero-order valence-electron chi connectivity index (χ0n) is 9.53. The van der Waals surface area contributed by atoms with Crippen LogP contribution >= 0.6 is 0 Å². The Morgan fingerprint density at radius 1 is 1.41 bits per heavy atom. The monoisotopic (exact) mass is 234 g/mol. The van der Waals surface area contributed by atoms with Crippen LogP contribution in [0, 0.1) is 0 Å². The molecule has 0 spiro atoms. The van der Waals surface area contributed by atoms with Gasteiger partial charge in [0.15, 0.2) is 0 Å². The molecule has 3 N–H and O–H groups in total. The van der Waals surface area contributed by atoms with Crippen molar-refractivity contribution in [2.75, 3.05) is 12.8 Å². The fourth-order valence-electron chi connectivity index (χ4n) is 1.98. The first-order valence-electron chi connectivity index (χ1n) is 5.39. The molecule has 1 aliphatic heterocycles. The predicted octanol–water partition coefficient (Wildman–Crippen LogP) is 0.798. The number of amides is 2. The first-order chi connectivity index (χ1) is 8.11. The number of carbonyl (C=O) groups excluding carboxylic acids is 2. The van der Waals surface area contributed by atoms with Gasteiger partial charge < -0.3 is 10.5 Å². The van der Waals surface area contributed by atoms with Gasteiger partial charge in [0.05, 0.1) is 18.7 Å². The molecule has 1 aliphatic rings. The number of nitrogen functional groups attached to an aromatic ring is 1. The molecule has 5 heteroatoms. The van der Waals surface area contributed by atoms with Crippen LogP contribution in [0.5, 0.6) is 5.75 Å². The zero-order valence-corrected chi connectivity index (χ0v) is 9.53. The third-order valence-corrected chi connectivity index (χ3v) is 2.90. The van der Waals surface area contributed by atoms with Crippen molar-refractivity contribution in [1.29, 1.82) is 0 Å². The van der Waals surface area contributed by atoms with Gasteiger partial charge in [-0.2, -0.15) is 0 Å². The molecule has 1 aromatic carbocycles. The van der Waals surface area contributed by atoms with E-state index in [1.54, 1.807) is 18.2 Å². The Balaban J connectivity index is 2.25. The van der Waals surface area contributed by atoms with Gasteiger partial charge in [0.2, 0.25) is 11.8 Å². The van der Waals surface area contributed by atoms with Gasteiger partial charge in [-0.3, -0.25) is 14.9 Å². The van der Waals surface area contributed by atoms with E-state index in [2.05, 4.69) is 5.32 Å². The molecular formula is C12H14N2O3. The van der Waals surface area contributed by atoms with Crippen LogP contribution in [-0.4, -0.2) is 18.9 Å². The molecule has 1 unspecified atom stereocenters. The van der Waals surface area contributed by atoms with Gasteiger partial charge >= 0.3 is 0 Å². The van der Waals surface area contributed by atoms with Crippen LogP contribution in [0.4, 0.5) is 5.69 Å². The number of carbonyl (C=O) groups is 2. The highest BCUT2D eigenvalue weighted by Gasteiger charge is 2.28. The van der Waals surface area contributed by atoms with Crippen molar-refractivity contribution >= 4 is 17.5 Å². The Bertz CT molecular complexity index is 471. The molecule has 5 nitrogen and oxygen atoms in total. The van der Waals surface area contributed by atoms with E-state index >= 15 is 0 Å². The van der Waals surface area contributed by atoms with Crippen molar-refractivity contribution in [1.82, 2.24) is 5.32 Å². The number of piperidine rings is 1. The van der Waals surface area contributed by atoms with E-state index in [1.165, 1.54) is 7.11 Å². The molecule has 0 bridgehead atoms. The third-order valence-electron chi connectivity index (χ3n) is 2.90. The lowest BCUT2D eigenvalue weighted by Crippen LogP contribution is -2.39. The first-order valence-corrected chi connectivity index (χ1v) is 5.39. The molecule has 0 aromatic heterocycles. The van der Waals surface area contributed by atoms with Gasteiger partial charge in [-0.15, -0.1) is 0 Å². The summed E-state index contributed by atoms with van der Waals surface area (Å²) in [5, 5.41) is 2.33. The largest absolute Gasteiger partial charge is 0.495 e. The number of nitrogens with two attached hydrogens (primary N) is 1. The number of methoxy groups -OCH3 is 1. The van der Waals surface area contributed by atoms with E-state index in [0.29, 0.717) is 24.3 Å². The minimum Gasteiger partial charge on any atom is -0.495 e. The molecule has 2 rings (SSSR count). The van der Waals surface area contributed by atoms with Crippen LogP contribution in [0.15, 0.2) is 18.2 Å². The van der Waals surface area contributed by atoms with Crippen LogP contribution in [-0.2, 0) is 9.59 Å². The summed E-state index contributed by atoms with van der Waals surface area (Å²) in [6, 6.07) is 5.25. The third kappa shape index (κ3) is 2.22. The molecule has 1 saturated heterocycles. The molecular weight excluding hydrogens is 220 g/mol. The van der Waals surface area contributed by atoms with E-state index in [9.17, 15) is 9.59 Å². The number of imide groups is 1. The summed E-state index contributed by atoms with van der Waals surface area (Å²) in [4.78, 5) is 22.7. The fourth-order valence-corrected chi connectivity index (χ4v) is 1.98. The fraction of sp³-hybridized carbons (Fsp3) is 0.333. The molecule has 1 atom stereocenters. The number of nitrogens with one attached hydrogen (secondary N) is 1. The summed E-state index contributed by atoms with van der Waals surface area (Å²) in [6.07, 6.45) is 0.888. The van der Waals surface area contributed by atoms with Crippen molar-refractivity contribution in [2.45, 2.75) is 18.8 Å². The second-order valence-electron chi connectivity index (χ2n) is 4.01. The highest BCUT2D eigenvalue weighted by molar-refractivity contribution is 6.01. The molecule has 0 aliphatic carbocycles. The standard InChI is InChI=1S/C12H14N2O3/c1-17-10-4-2-7(6-9(10)13)8-3-5-11(15)14-12(8)16/h2,4,6,8H,3,5,13H2,1H3,(H,14,15,16). The van der Waals surface area contributed by atoms with E-state index in [0.717, 1.165) is 5.56 Å². The van der Waals surface area contributed by atoms with Crippen LogP contribution < -0.4 is 15.8 Å². The minimum absolute atomic E-state index is 0.215. The molecule has 90 valence electrons. The van der Waals surface area contributed by atoms with Gasteiger partial charge in [0.1, 0.15) is 5.75 Å². The van der Waals surface area contributed by atoms with E-state index in [-0.39, 0.29) is 17.7 Å². The lowest BCUT2D eigenvalue weighted by Gasteiger charge is -2.21. The Kier molecular flexibility index (Phi) is 2.99. The van der Waals surface area contributed by atoms with Crippen molar-refractivity contribution in [3.8, 4) is 5.75 Å². The normalized spacial score (nSPS) is 19.9. The quantitative estimate of drug-likeness (QED) is 0.585. The van der Waals surface area contributed by atoms with Crippen molar-refractivity contribution in [3.05, 3.63) is 23.8 Å². The Hall–Kier alpha value is -2.04. The van der Waals surface area contributed by atoms with Gasteiger partial charge in [-0.1, -0.05) is 6.07 Å². The molecule has 0 saturated carbocycles. The zero-order chi connectivity index (χ0) is 12.4. The van der Waals surface area contributed by atoms with Crippen molar-refractivity contribution < 1.29 is 14.3 Å².